The first-order chi connectivity index (χ1) is 14.4. The van der Waals surface area contributed by atoms with Gasteiger partial charge in [-0.05, 0) is 60.9 Å². The number of nitrogens with one attached hydrogen (secondary N) is 1. The molecule has 0 radical (unpaired) electrons. The summed E-state index contributed by atoms with van der Waals surface area (Å²) in [6.07, 6.45) is 3.93. The molecule has 1 amide bonds. The smallest absolute Gasteiger partial charge is 0.308 e. The maximum absolute atomic E-state index is 12.6. The van der Waals surface area contributed by atoms with Crippen molar-refractivity contribution < 1.29 is 23.8 Å². The molecule has 6 heteroatoms. The lowest BCUT2D eigenvalue weighted by Crippen LogP contribution is -2.29. The molecule has 1 N–H and O–H groups in total. The van der Waals surface area contributed by atoms with Crippen LogP contribution in [0.5, 0.6) is 11.5 Å². The quantitative estimate of drug-likeness (QED) is 0.530. The van der Waals surface area contributed by atoms with Gasteiger partial charge in [0, 0.05) is 12.5 Å². The second-order valence-corrected chi connectivity index (χ2v) is 7.38. The minimum atomic E-state index is -0.507. The molecule has 0 bridgehead atoms. The highest BCUT2D eigenvalue weighted by molar-refractivity contribution is 5.92. The van der Waals surface area contributed by atoms with Crippen molar-refractivity contribution in [2.24, 2.45) is 0 Å². The molecule has 1 aliphatic heterocycles. The number of rotatable bonds is 8. The maximum Gasteiger partial charge on any atom is 0.308 e. The maximum atomic E-state index is 12.6. The molecule has 2 aromatic rings. The minimum Gasteiger partial charge on any atom is -0.497 e. The molecule has 0 aliphatic carbocycles. The Kier molecular flexibility index (Phi) is 7.12. The van der Waals surface area contributed by atoms with Crippen molar-refractivity contribution in [3.05, 3.63) is 65.2 Å². The topological polar surface area (TPSA) is 73.9 Å². The second kappa shape index (κ2) is 9.96. The first-order valence-electron chi connectivity index (χ1n) is 10.0. The fourth-order valence-corrected chi connectivity index (χ4v) is 3.27. The lowest BCUT2D eigenvalue weighted by molar-refractivity contribution is -0.148. The fraction of sp³-hybridized carbons (Fsp3) is 0.333. The zero-order valence-corrected chi connectivity index (χ0v) is 17.5. The molecule has 3 rings (SSSR count). The van der Waals surface area contributed by atoms with Crippen LogP contribution in [0, 0.1) is 0 Å². The van der Waals surface area contributed by atoms with Gasteiger partial charge in [0.05, 0.1) is 32.3 Å². The molecule has 0 fully saturated rings. The van der Waals surface area contributed by atoms with E-state index in [0.717, 1.165) is 28.9 Å². The van der Waals surface area contributed by atoms with Gasteiger partial charge in [-0.15, -0.1) is 0 Å². The Hall–Kier alpha value is -3.28. The largest absolute Gasteiger partial charge is 0.497 e. The third-order valence-electron chi connectivity index (χ3n) is 4.71. The summed E-state index contributed by atoms with van der Waals surface area (Å²) < 4.78 is 15.9. The summed E-state index contributed by atoms with van der Waals surface area (Å²) in [7, 11) is 1.59. The summed E-state index contributed by atoms with van der Waals surface area (Å²) in [6.45, 7) is 4.28. The Morgan fingerprint density at radius 2 is 1.93 bits per heavy atom. The van der Waals surface area contributed by atoms with Gasteiger partial charge in [0.2, 0.25) is 5.91 Å². The van der Waals surface area contributed by atoms with Crippen molar-refractivity contribution in [3.8, 4) is 11.5 Å². The minimum absolute atomic E-state index is 0.0419. The number of hydrogen-bond donors (Lipinski definition) is 1. The van der Waals surface area contributed by atoms with E-state index in [-0.39, 0.29) is 24.4 Å². The number of ether oxygens (including phenoxy) is 3. The number of amides is 1. The van der Waals surface area contributed by atoms with E-state index >= 15 is 0 Å². The standard InChI is InChI=1S/C24H27NO5/c1-16(2)30-24(27)15-21(18-6-8-20(28-3)9-7-18)25-23(26)11-5-17-4-10-22-19(14-17)12-13-29-22/h4-11,14,16,21H,12-13,15H2,1-3H3,(H,25,26)/b11-5+. The van der Waals surface area contributed by atoms with Gasteiger partial charge in [-0.1, -0.05) is 18.2 Å². The van der Waals surface area contributed by atoms with Crippen LogP contribution in [0.1, 0.15) is 43.0 Å². The lowest BCUT2D eigenvalue weighted by Gasteiger charge is -2.19. The van der Waals surface area contributed by atoms with E-state index in [1.165, 1.54) is 6.08 Å². The molecule has 1 atom stereocenters. The Morgan fingerprint density at radius 3 is 2.63 bits per heavy atom. The predicted octanol–water partition coefficient (Wildman–Crippen LogP) is 3.84. The number of fused-ring (bicyclic) bond motifs is 1. The Balaban J connectivity index is 1.70. The second-order valence-electron chi connectivity index (χ2n) is 7.38. The van der Waals surface area contributed by atoms with Crippen LogP contribution in [-0.4, -0.2) is 31.7 Å². The predicted molar refractivity (Wildman–Crippen MR) is 114 cm³/mol. The van der Waals surface area contributed by atoms with Gasteiger partial charge in [0.25, 0.3) is 0 Å². The van der Waals surface area contributed by atoms with Crippen LogP contribution in [0.3, 0.4) is 0 Å². The average Bonchev–Trinajstić information content (AvgIpc) is 3.19. The summed E-state index contributed by atoms with van der Waals surface area (Å²) in [5, 5.41) is 2.91. The summed E-state index contributed by atoms with van der Waals surface area (Å²) in [4.78, 5) is 24.8. The lowest BCUT2D eigenvalue weighted by atomic mass is 10.0. The van der Waals surface area contributed by atoms with Gasteiger partial charge in [-0.2, -0.15) is 0 Å². The van der Waals surface area contributed by atoms with Crippen LogP contribution >= 0.6 is 0 Å². The fourth-order valence-electron chi connectivity index (χ4n) is 3.27. The molecule has 0 spiro atoms. The van der Waals surface area contributed by atoms with Gasteiger partial charge >= 0.3 is 5.97 Å². The zero-order valence-electron chi connectivity index (χ0n) is 17.5. The monoisotopic (exact) mass is 409 g/mol. The third-order valence-corrected chi connectivity index (χ3v) is 4.71. The highest BCUT2D eigenvalue weighted by atomic mass is 16.5. The van der Waals surface area contributed by atoms with E-state index in [1.54, 1.807) is 39.2 Å². The first-order valence-corrected chi connectivity index (χ1v) is 10.0. The molecule has 158 valence electrons. The molecule has 2 aromatic carbocycles. The average molecular weight is 409 g/mol. The Labute approximate surface area is 176 Å². The van der Waals surface area contributed by atoms with Crippen molar-refractivity contribution in [2.45, 2.75) is 38.8 Å². The van der Waals surface area contributed by atoms with E-state index in [0.29, 0.717) is 12.4 Å². The first kappa shape index (κ1) is 21.4. The van der Waals surface area contributed by atoms with Crippen LogP contribution in [-0.2, 0) is 20.7 Å². The highest BCUT2D eigenvalue weighted by Gasteiger charge is 2.19. The van der Waals surface area contributed by atoms with Crippen LogP contribution in [0.4, 0.5) is 0 Å². The summed E-state index contributed by atoms with van der Waals surface area (Å²) in [6, 6.07) is 12.6. The van der Waals surface area contributed by atoms with Gasteiger partial charge in [0.1, 0.15) is 11.5 Å². The van der Waals surface area contributed by atoms with Gasteiger partial charge < -0.3 is 19.5 Å². The molecule has 6 nitrogen and oxygen atoms in total. The summed E-state index contributed by atoms with van der Waals surface area (Å²) in [5.74, 6) is 0.951. The Bertz CT molecular complexity index is 918. The number of esters is 1. The number of methoxy groups -OCH3 is 1. The van der Waals surface area contributed by atoms with E-state index in [1.807, 2.05) is 30.3 Å². The number of carbonyl (C=O) groups excluding carboxylic acids is 2. The SMILES string of the molecule is COc1ccc(C(CC(=O)OC(C)C)NC(=O)/C=C/c2ccc3c(c2)CCO3)cc1. The third kappa shape index (κ3) is 5.86. The molecule has 1 unspecified atom stereocenters. The summed E-state index contributed by atoms with van der Waals surface area (Å²) >= 11 is 0. The van der Waals surface area contributed by atoms with Crippen LogP contribution in [0.2, 0.25) is 0 Å². The molecule has 0 aromatic heterocycles. The molecule has 0 saturated heterocycles. The molecular weight excluding hydrogens is 382 g/mol. The van der Waals surface area contributed by atoms with E-state index in [4.69, 9.17) is 14.2 Å². The van der Waals surface area contributed by atoms with Crippen molar-refractivity contribution >= 4 is 18.0 Å². The van der Waals surface area contributed by atoms with Crippen molar-refractivity contribution in [1.82, 2.24) is 5.32 Å². The normalized spacial score (nSPS) is 13.6. The summed E-state index contributed by atoms with van der Waals surface area (Å²) in [5.41, 5.74) is 2.87. The van der Waals surface area contributed by atoms with Gasteiger partial charge in [-0.3, -0.25) is 9.59 Å². The molecule has 1 heterocycles. The molecule has 1 aliphatic rings. The molecular formula is C24H27NO5. The number of hydrogen-bond acceptors (Lipinski definition) is 5. The van der Waals surface area contributed by atoms with Crippen molar-refractivity contribution in [1.29, 1.82) is 0 Å². The van der Waals surface area contributed by atoms with Crippen molar-refractivity contribution in [3.63, 3.8) is 0 Å². The number of benzene rings is 2. The van der Waals surface area contributed by atoms with Crippen LogP contribution in [0.15, 0.2) is 48.5 Å². The van der Waals surface area contributed by atoms with Crippen LogP contribution < -0.4 is 14.8 Å². The van der Waals surface area contributed by atoms with E-state index in [2.05, 4.69) is 5.32 Å². The van der Waals surface area contributed by atoms with E-state index in [9.17, 15) is 9.59 Å². The Morgan fingerprint density at radius 1 is 1.17 bits per heavy atom. The number of carbonyl (C=O) groups is 2. The highest BCUT2D eigenvalue weighted by Crippen LogP contribution is 2.26. The molecule has 30 heavy (non-hydrogen) atoms. The zero-order chi connectivity index (χ0) is 21.5. The molecule has 0 saturated carbocycles. The van der Waals surface area contributed by atoms with Crippen molar-refractivity contribution in [2.75, 3.05) is 13.7 Å². The van der Waals surface area contributed by atoms with Crippen LogP contribution in [0.25, 0.3) is 6.08 Å². The van der Waals surface area contributed by atoms with Gasteiger partial charge in [-0.25, -0.2) is 0 Å². The van der Waals surface area contributed by atoms with E-state index < -0.39 is 6.04 Å². The van der Waals surface area contributed by atoms with Gasteiger partial charge in [0.15, 0.2) is 0 Å².